The highest BCUT2D eigenvalue weighted by molar-refractivity contribution is 5.93. The van der Waals surface area contributed by atoms with E-state index >= 15 is 0 Å². The molecule has 0 saturated heterocycles. The number of nitrogens with one attached hydrogen (secondary N) is 3. The first-order chi connectivity index (χ1) is 13.1. The molecule has 3 amide bonds. The molecule has 2 aromatic rings. The summed E-state index contributed by atoms with van der Waals surface area (Å²) in [5.41, 5.74) is 5.55. The Hall–Kier alpha value is -2.82. The van der Waals surface area contributed by atoms with Crippen molar-refractivity contribution in [1.82, 2.24) is 16.0 Å². The van der Waals surface area contributed by atoms with Crippen LogP contribution < -0.4 is 16.0 Å². The second-order valence-electron chi connectivity index (χ2n) is 7.06. The molecule has 27 heavy (non-hydrogen) atoms. The molecule has 2 aromatic carbocycles. The van der Waals surface area contributed by atoms with Gasteiger partial charge in [0.2, 0.25) is 0 Å². The number of carbonyl (C=O) groups is 2. The van der Waals surface area contributed by atoms with Crippen LogP contribution in [0, 0.1) is 0 Å². The molecule has 1 aliphatic carbocycles. The van der Waals surface area contributed by atoms with E-state index in [4.69, 9.17) is 0 Å². The van der Waals surface area contributed by atoms with Crippen molar-refractivity contribution in [3.8, 4) is 0 Å². The van der Waals surface area contributed by atoms with Crippen LogP contribution in [-0.2, 0) is 19.4 Å². The van der Waals surface area contributed by atoms with Crippen LogP contribution >= 0.6 is 0 Å². The SMILES string of the molecule is CNC(=O)c1ccc(CNC(=O)NC(C)c2ccc3c(c2)CCCC3)cc1. The molecule has 5 nitrogen and oxygen atoms in total. The fraction of sp³-hybridized carbons (Fsp3) is 0.364. The topological polar surface area (TPSA) is 70.2 Å². The molecule has 0 aliphatic heterocycles. The number of hydrogen-bond donors (Lipinski definition) is 3. The first-order valence-electron chi connectivity index (χ1n) is 9.54. The molecular weight excluding hydrogens is 338 g/mol. The molecule has 0 bridgehead atoms. The molecule has 3 N–H and O–H groups in total. The zero-order chi connectivity index (χ0) is 19.2. The van der Waals surface area contributed by atoms with E-state index in [1.807, 2.05) is 19.1 Å². The van der Waals surface area contributed by atoms with Crippen LogP contribution in [-0.4, -0.2) is 19.0 Å². The Morgan fingerprint density at radius 1 is 1.00 bits per heavy atom. The Morgan fingerprint density at radius 2 is 1.70 bits per heavy atom. The summed E-state index contributed by atoms with van der Waals surface area (Å²) in [5, 5.41) is 8.46. The predicted molar refractivity (Wildman–Crippen MR) is 107 cm³/mol. The van der Waals surface area contributed by atoms with Crippen molar-refractivity contribution in [1.29, 1.82) is 0 Å². The van der Waals surface area contributed by atoms with Crippen molar-refractivity contribution >= 4 is 11.9 Å². The maximum Gasteiger partial charge on any atom is 0.315 e. The van der Waals surface area contributed by atoms with Crippen LogP contribution in [0.4, 0.5) is 4.79 Å². The second kappa shape index (κ2) is 8.71. The van der Waals surface area contributed by atoms with Gasteiger partial charge in [-0.15, -0.1) is 0 Å². The second-order valence-corrected chi connectivity index (χ2v) is 7.06. The van der Waals surface area contributed by atoms with Gasteiger partial charge in [-0.1, -0.05) is 30.3 Å². The average molecular weight is 365 g/mol. The number of amides is 3. The normalized spacial score (nSPS) is 14.0. The van der Waals surface area contributed by atoms with Crippen LogP contribution in [0.25, 0.3) is 0 Å². The van der Waals surface area contributed by atoms with Crippen molar-refractivity contribution in [2.75, 3.05) is 7.05 Å². The van der Waals surface area contributed by atoms with E-state index in [2.05, 4.69) is 34.1 Å². The molecule has 0 spiro atoms. The average Bonchev–Trinajstić information content (AvgIpc) is 2.71. The van der Waals surface area contributed by atoms with Gasteiger partial charge in [-0.2, -0.15) is 0 Å². The number of fused-ring (bicyclic) bond motifs is 1. The molecule has 0 radical (unpaired) electrons. The Bertz CT molecular complexity index is 815. The molecule has 1 unspecified atom stereocenters. The van der Waals surface area contributed by atoms with Crippen LogP contribution in [0.5, 0.6) is 0 Å². The maximum absolute atomic E-state index is 12.2. The minimum absolute atomic E-state index is 0.0483. The van der Waals surface area contributed by atoms with Crippen LogP contribution in [0.15, 0.2) is 42.5 Å². The smallest absolute Gasteiger partial charge is 0.315 e. The Labute approximate surface area is 160 Å². The summed E-state index contributed by atoms with van der Waals surface area (Å²) >= 11 is 0. The van der Waals surface area contributed by atoms with E-state index in [0.717, 1.165) is 24.0 Å². The summed E-state index contributed by atoms with van der Waals surface area (Å²) in [6.45, 7) is 2.42. The van der Waals surface area contributed by atoms with E-state index < -0.39 is 0 Å². The highest BCUT2D eigenvalue weighted by Crippen LogP contribution is 2.24. The highest BCUT2D eigenvalue weighted by Gasteiger charge is 2.14. The van der Waals surface area contributed by atoms with Crippen molar-refractivity contribution in [3.63, 3.8) is 0 Å². The lowest BCUT2D eigenvalue weighted by Crippen LogP contribution is -2.36. The summed E-state index contributed by atoms with van der Waals surface area (Å²) in [6, 6.07) is 13.5. The Kier molecular flexibility index (Phi) is 6.12. The van der Waals surface area contributed by atoms with E-state index in [-0.39, 0.29) is 18.0 Å². The first-order valence-corrected chi connectivity index (χ1v) is 9.54. The molecule has 0 fully saturated rings. The summed E-state index contributed by atoms with van der Waals surface area (Å²) in [7, 11) is 1.60. The molecule has 1 aliphatic rings. The van der Waals surface area contributed by atoms with Crippen LogP contribution in [0.1, 0.15) is 58.4 Å². The van der Waals surface area contributed by atoms with E-state index in [1.54, 1.807) is 19.2 Å². The van der Waals surface area contributed by atoms with E-state index in [9.17, 15) is 9.59 Å². The lowest BCUT2D eigenvalue weighted by atomic mass is 9.89. The van der Waals surface area contributed by atoms with Gasteiger partial charge in [-0.05, 0) is 67.0 Å². The number of hydrogen-bond acceptors (Lipinski definition) is 2. The summed E-state index contributed by atoms with van der Waals surface area (Å²) in [5.74, 6) is -0.119. The van der Waals surface area contributed by atoms with E-state index in [1.165, 1.54) is 24.0 Å². The van der Waals surface area contributed by atoms with Crippen molar-refractivity contribution < 1.29 is 9.59 Å². The minimum Gasteiger partial charge on any atom is -0.355 e. The van der Waals surface area contributed by atoms with Crippen molar-refractivity contribution in [2.24, 2.45) is 0 Å². The van der Waals surface area contributed by atoms with Gasteiger partial charge in [0, 0.05) is 19.2 Å². The van der Waals surface area contributed by atoms with Gasteiger partial charge in [0.25, 0.3) is 5.91 Å². The number of urea groups is 1. The first kappa shape index (κ1) is 19.0. The lowest BCUT2D eigenvalue weighted by Gasteiger charge is -2.20. The lowest BCUT2D eigenvalue weighted by molar-refractivity contribution is 0.0963. The van der Waals surface area contributed by atoms with Crippen LogP contribution in [0.2, 0.25) is 0 Å². The minimum atomic E-state index is -0.199. The molecule has 1 atom stereocenters. The molecule has 0 heterocycles. The zero-order valence-corrected chi connectivity index (χ0v) is 16.0. The van der Waals surface area contributed by atoms with Gasteiger partial charge < -0.3 is 16.0 Å². The van der Waals surface area contributed by atoms with Gasteiger partial charge in [0.15, 0.2) is 0 Å². The number of carbonyl (C=O) groups excluding carboxylic acids is 2. The van der Waals surface area contributed by atoms with Gasteiger partial charge in [-0.25, -0.2) is 4.79 Å². The monoisotopic (exact) mass is 365 g/mol. The highest BCUT2D eigenvalue weighted by atomic mass is 16.2. The van der Waals surface area contributed by atoms with Gasteiger partial charge >= 0.3 is 6.03 Å². The quantitative estimate of drug-likeness (QED) is 0.759. The molecule has 142 valence electrons. The molecule has 0 aromatic heterocycles. The van der Waals surface area contributed by atoms with Gasteiger partial charge in [-0.3, -0.25) is 4.79 Å². The largest absolute Gasteiger partial charge is 0.355 e. The van der Waals surface area contributed by atoms with E-state index in [0.29, 0.717) is 12.1 Å². The number of aryl methyl sites for hydroxylation is 2. The summed E-state index contributed by atoms with van der Waals surface area (Å²) in [6.07, 6.45) is 4.81. The third-order valence-corrected chi connectivity index (χ3v) is 5.12. The maximum atomic E-state index is 12.2. The fourth-order valence-electron chi connectivity index (χ4n) is 3.45. The third-order valence-electron chi connectivity index (χ3n) is 5.12. The van der Waals surface area contributed by atoms with Crippen molar-refractivity contribution in [3.05, 3.63) is 70.3 Å². The molecule has 5 heteroatoms. The summed E-state index contributed by atoms with van der Waals surface area (Å²) in [4.78, 5) is 23.8. The molecule has 0 saturated carbocycles. The number of rotatable bonds is 5. The Balaban J connectivity index is 1.52. The third kappa shape index (κ3) is 4.88. The van der Waals surface area contributed by atoms with Gasteiger partial charge in [0.05, 0.1) is 6.04 Å². The Morgan fingerprint density at radius 3 is 2.41 bits per heavy atom. The molecular formula is C22H27N3O2. The number of benzene rings is 2. The predicted octanol–water partition coefficient (Wildman–Crippen LogP) is 3.49. The van der Waals surface area contributed by atoms with Gasteiger partial charge in [0.1, 0.15) is 0 Å². The molecule has 3 rings (SSSR count). The summed E-state index contributed by atoms with van der Waals surface area (Å²) < 4.78 is 0. The van der Waals surface area contributed by atoms with Crippen LogP contribution in [0.3, 0.4) is 0 Å². The fourth-order valence-corrected chi connectivity index (χ4v) is 3.45. The zero-order valence-electron chi connectivity index (χ0n) is 16.0. The standard InChI is InChI=1S/C22H27N3O2/c1-15(19-12-11-17-5-3-4-6-20(17)13-19)25-22(27)24-14-16-7-9-18(10-8-16)21(26)23-2/h7-13,15H,3-6,14H2,1-2H3,(H,23,26)(H2,24,25,27). The van der Waals surface area contributed by atoms with Crippen molar-refractivity contribution in [2.45, 2.75) is 45.2 Å².